The Kier molecular flexibility index (Phi) is 8.60. The molecular weight excluding hydrogens is 464 g/mol. The standard InChI is InChI=1S/C26H20N4O4S/c1-17(25(32)30-22-11-4-2-8-19(22)15-28)34-26(33)21-10-3-5-12-23(21)35-16-24(31)29-20-9-6-7-18(13-20)14-27/h2-13,17H,16H2,1H3,(H,29,31)(H,30,32). The van der Waals surface area contributed by atoms with Crippen LogP contribution < -0.4 is 10.6 Å². The summed E-state index contributed by atoms with van der Waals surface area (Å²) in [4.78, 5) is 38.1. The molecule has 8 nitrogen and oxygen atoms in total. The third-order valence-electron chi connectivity index (χ3n) is 4.70. The molecule has 0 aliphatic carbocycles. The first-order valence-electron chi connectivity index (χ1n) is 10.4. The Morgan fingerprint density at radius 2 is 1.69 bits per heavy atom. The number of nitrogens with zero attached hydrogens (tertiary/aromatic N) is 2. The van der Waals surface area contributed by atoms with Gasteiger partial charge in [-0.2, -0.15) is 10.5 Å². The van der Waals surface area contributed by atoms with Crippen molar-refractivity contribution >= 4 is 40.9 Å². The Hall–Kier alpha value is -4.60. The maximum Gasteiger partial charge on any atom is 0.340 e. The summed E-state index contributed by atoms with van der Waals surface area (Å²) in [7, 11) is 0. The minimum Gasteiger partial charge on any atom is -0.449 e. The first-order valence-corrected chi connectivity index (χ1v) is 11.4. The Balaban J connectivity index is 1.60. The number of hydrogen-bond acceptors (Lipinski definition) is 7. The molecule has 0 saturated heterocycles. The summed E-state index contributed by atoms with van der Waals surface area (Å²) in [6, 6.07) is 23.7. The van der Waals surface area contributed by atoms with Gasteiger partial charge in [0, 0.05) is 10.6 Å². The molecule has 3 rings (SSSR count). The zero-order valence-electron chi connectivity index (χ0n) is 18.6. The fraction of sp³-hybridized carbons (Fsp3) is 0.115. The number of nitriles is 2. The Bertz CT molecular complexity index is 1340. The number of esters is 1. The number of carbonyl (C=O) groups excluding carboxylic acids is 3. The molecule has 3 aromatic carbocycles. The lowest BCUT2D eigenvalue weighted by Gasteiger charge is -2.15. The van der Waals surface area contributed by atoms with Gasteiger partial charge in [0.25, 0.3) is 5.91 Å². The molecule has 0 aliphatic rings. The maximum absolute atomic E-state index is 12.8. The highest BCUT2D eigenvalue weighted by molar-refractivity contribution is 8.00. The van der Waals surface area contributed by atoms with E-state index in [0.29, 0.717) is 27.4 Å². The van der Waals surface area contributed by atoms with E-state index in [-0.39, 0.29) is 17.2 Å². The molecule has 1 unspecified atom stereocenters. The second-order valence-electron chi connectivity index (χ2n) is 7.22. The monoisotopic (exact) mass is 484 g/mol. The molecule has 0 saturated carbocycles. The molecule has 174 valence electrons. The van der Waals surface area contributed by atoms with Gasteiger partial charge in [-0.05, 0) is 49.4 Å². The average Bonchev–Trinajstić information content (AvgIpc) is 2.88. The summed E-state index contributed by atoms with van der Waals surface area (Å²) < 4.78 is 5.33. The molecule has 0 bridgehead atoms. The third kappa shape index (κ3) is 6.94. The Morgan fingerprint density at radius 3 is 2.46 bits per heavy atom. The summed E-state index contributed by atoms with van der Waals surface area (Å²) in [5.74, 6) is -1.59. The van der Waals surface area contributed by atoms with E-state index in [4.69, 9.17) is 15.3 Å². The normalized spacial score (nSPS) is 10.8. The molecule has 9 heteroatoms. The smallest absolute Gasteiger partial charge is 0.340 e. The van der Waals surface area contributed by atoms with Crippen molar-refractivity contribution in [3.63, 3.8) is 0 Å². The number of para-hydroxylation sites is 1. The van der Waals surface area contributed by atoms with Crippen LogP contribution in [0.5, 0.6) is 0 Å². The lowest BCUT2D eigenvalue weighted by Crippen LogP contribution is -2.30. The number of amides is 2. The summed E-state index contributed by atoms with van der Waals surface area (Å²) in [5.41, 5.74) is 1.76. The van der Waals surface area contributed by atoms with Crippen LogP contribution in [0.1, 0.15) is 28.4 Å². The highest BCUT2D eigenvalue weighted by Gasteiger charge is 2.22. The summed E-state index contributed by atoms with van der Waals surface area (Å²) in [5, 5.41) is 23.4. The summed E-state index contributed by atoms with van der Waals surface area (Å²) in [6.45, 7) is 1.43. The molecule has 2 N–H and O–H groups in total. The van der Waals surface area contributed by atoms with Crippen LogP contribution >= 0.6 is 11.8 Å². The van der Waals surface area contributed by atoms with Gasteiger partial charge in [-0.1, -0.05) is 30.3 Å². The predicted octanol–water partition coefficient (Wildman–Crippen LogP) is 4.34. The molecule has 1 atom stereocenters. The number of rotatable bonds is 8. The van der Waals surface area contributed by atoms with E-state index in [9.17, 15) is 14.4 Å². The molecular formula is C26H20N4O4S. The van der Waals surface area contributed by atoms with Crippen LogP contribution in [-0.2, 0) is 14.3 Å². The topological polar surface area (TPSA) is 132 Å². The number of benzene rings is 3. The van der Waals surface area contributed by atoms with E-state index >= 15 is 0 Å². The fourth-order valence-electron chi connectivity index (χ4n) is 2.97. The third-order valence-corrected chi connectivity index (χ3v) is 5.77. The second kappa shape index (κ2) is 12.0. The first kappa shape index (κ1) is 25.0. The van der Waals surface area contributed by atoms with Crippen molar-refractivity contribution in [3.05, 3.63) is 89.5 Å². The van der Waals surface area contributed by atoms with Crippen LogP contribution in [0.4, 0.5) is 11.4 Å². The Labute approximate surface area is 206 Å². The van der Waals surface area contributed by atoms with Gasteiger partial charge in [-0.15, -0.1) is 11.8 Å². The molecule has 35 heavy (non-hydrogen) atoms. The van der Waals surface area contributed by atoms with E-state index in [1.165, 1.54) is 6.92 Å². The number of anilines is 2. The summed E-state index contributed by atoms with van der Waals surface area (Å²) in [6.07, 6.45) is -1.12. The number of nitrogens with one attached hydrogen (secondary N) is 2. The average molecular weight is 485 g/mol. The van der Waals surface area contributed by atoms with Crippen LogP contribution in [0.25, 0.3) is 0 Å². The number of hydrogen-bond donors (Lipinski definition) is 2. The van der Waals surface area contributed by atoms with E-state index in [2.05, 4.69) is 10.6 Å². The lowest BCUT2D eigenvalue weighted by atomic mass is 10.2. The molecule has 0 spiro atoms. The zero-order valence-corrected chi connectivity index (χ0v) is 19.5. The zero-order chi connectivity index (χ0) is 25.2. The Morgan fingerprint density at radius 1 is 0.943 bits per heavy atom. The number of carbonyl (C=O) groups is 3. The molecule has 2 amide bonds. The minimum atomic E-state index is -1.12. The van der Waals surface area contributed by atoms with E-state index in [0.717, 1.165) is 11.8 Å². The van der Waals surface area contributed by atoms with Crippen LogP contribution in [-0.4, -0.2) is 29.6 Å². The van der Waals surface area contributed by atoms with Gasteiger partial charge in [-0.3, -0.25) is 9.59 Å². The van der Waals surface area contributed by atoms with Crippen molar-refractivity contribution in [2.75, 3.05) is 16.4 Å². The second-order valence-corrected chi connectivity index (χ2v) is 8.24. The van der Waals surface area contributed by atoms with E-state index < -0.39 is 18.0 Å². The minimum absolute atomic E-state index is 0.0159. The van der Waals surface area contributed by atoms with Crippen molar-refractivity contribution in [1.82, 2.24) is 0 Å². The van der Waals surface area contributed by atoms with Crippen LogP contribution in [0, 0.1) is 22.7 Å². The quantitative estimate of drug-likeness (QED) is 0.359. The predicted molar refractivity (Wildman–Crippen MR) is 132 cm³/mol. The molecule has 0 heterocycles. The molecule has 0 radical (unpaired) electrons. The van der Waals surface area contributed by atoms with E-state index in [1.54, 1.807) is 72.8 Å². The van der Waals surface area contributed by atoms with Gasteiger partial charge in [0.15, 0.2) is 6.10 Å². The highest BCUT2D eigenvalue weighted by atomic mass is 32.2. The number of thioether (sulfide) groups is 1. The molecule has 0 fully saturated rings. The van der Waals surface area contributed by atoms with Crippen molar-refractivity contribution in [2.24, 2.45) is 0 Å². The molecule has 0 aliphatic heterocycles. The molecule has 3 aromatic rings. The van der Waals surface area contributed by atoms with Crippen molar-refractivity contribution < 1.29 is 19.1 Å². The van der Waals surface area contributed by atoms with Crippen LogP contribution in [0.2, 0.25) is 0 Å². The van der Waals surface area contributed by atoms with Gasteiger partial charge in [-0.25, -0.2) is 4.79 Å². The SMILES string of the molecule is CC(OC(=O)c1ccccc1SCC(=O)Nc1cccc(C#N)c1)C(=O)Nc1ccccc1C#N. The highest BCUT2D eigenvalue weighted by Crippen LogP contribution is 2.24. The number of ether oxygens (including phenoxy) is 1. The van der Waals surface area contributed by atoms with Crippen molar-refractivity contribution in [1.29, 1.82) is 10.5 Å². The lowest BCUT2D eigenvalue weighted by molar-refractivity contribution is -0.123. The molecule has 0 aromatic heterocycles. The maximum atomic E-state index is 12.8. The van der Waals surface area contributed by atoms with Gasteiger partial charge >= 0.3 is 5.97 Å². The van der Waals surface area contributed by atoms with Crippen molar-refractivity contribution in [2.45, 2.75) is 17.9 Å². The van der Waals surface area contributed by atoms with Gasteiger partial charge in [0.1, 0.15) is 6.07 Å². The van der Waals surface area contributed by atoms with Crippen molar-refractivity contribution in [3.8, 4) is 12.1 Å². The fourth-order valence-corrected chi connectivity index (χ4v) is 3.81. The van der Waals surface area contributed by atoms with Crippen LogP contribution in [0.15, 0.2) is 77.7 Å². The first-order chi connectivity index (χ1) is 16.9. The van der Waals surface area contributed by atoms with E-state index in [1.807, 2.05) is 12.1 Å². The van der Waals surface area contributed by atoms with Gasteiger partial charge in [0.2, 0.25) is 5.91 Å². The van der Waals surface area contributed by atoms with Gasteiger partial charge < -0.3 is 15.4 Å². The van der Waals surface area contributed by atoms with Crippen LogP contribution in [0.3, 0.4) is 0 Å². The van der Waals surface area contributed by atoms with Gasteiger partial charge in [0.05, 0.1) is 34.2 Å². The summed E-state index contributed by atoms with van der Waals surface area (Å²) >= 11 is 1.14. The largest absolute Gasteiger partial charge is 0.449 e.